The predicted octanol–water partition coefficient (Wildman–Crippen LogP) is 0.953. The zero-order valence-corrected chi connectivity index (χ0v) is 4.13. The number of nitriles is 1. The number of nitrogens with zero attached hydrogens (tertiary/aromatic N) is 2. The van der Waals surface area contributed by atoms with E-state index in [1.54, 1.807) is 0 Å². The molecule has 0 aliphatic carbocycles. The topological polar surface area (TPSA) is 36.7 Å². The van der Waals surface area contributed by atoms with Crippen molar-refractivity contribution in [2.75, 3.05) is 0 Å². The average Bonchev–Trinajstić information content (AvgIpc) is 1.89. The highest BCUT2D eigenvalue weighted by Gasteiger charge is 1.80. The third-order valence-corrected chi connectivity index (χ3v) is 0.742. The van der Waals surface area contributed by atoms with Gasteiger partial charge < -0.3 is 0 Å². The molecule has 38 valence electrons. The van der Waals surface area contributed by atoms with Crippen LogP contribution in [0.3, 0.4) is 0 Å². The van der Waals surface area contributed by atoms with Crippen molar-refractivity contribution in [2.24, 2.45) is 0 Å². The first-order valence-corrected chi connectivity index (χ1v) is 2.15. The van der Waals surface area contributed by atoms with Crippen LogP contribution in [0.25, 0.3) is 0 Å². The highest BCUT2D eigenvalue weighted by Crippen LogP contribution is 1.89. The van der Waals surface area contributed by atoms with Gasteiger partial charge in [-0.25, -0.2) is 0 Å². The lowest BCUT2D eigenvalue weighted by Crippen LogP contribution is -1.71. The summed E-state index contributed by atoms with van der Waals surface area (Å²) in [6.45, 7) is 0. The molecule has 0 spiro atoms. The summed E-state index contributed by atoms with van der Waals surface area (Å²) in [5.74, 6) is 0. The number of hydrogen-bond acceptors (Lipinski definition) is 2. The summed E-state index contributed by atoms with van der Waals surface area (Å²) in [5.41, 5.74) is 0.366. The number of hydrogen-bond donors (Lipinski definition) is 0. The Labute approximate surface area is 48.8 Å². The molecule has 0 saturated carbocycles. The Morgan fingerprint density at radius 1 is 1.75 bits per heavy atom. The molecule has 0 fully saturated rings. The van der Waals surface area contributed by atoms with E-state index in [0.29, 0.717) is 5.56 Å². The number of pyridine rings is 1. The Kier molecular flexibility index (Phi) is 0.941. The van der Waals surface area contributed by atoms with Crippen molar-refractivity contribution in [1.29, 1.82) is 5.26 Å². The monoisotopic (exact) mass is 105 g/mol. The van der Waals surface area contributed by atoms with Crippen LogP contribution in [0.2, 0.25) is 0 Å². The molecule has 0 atom stereocenters. The third-order valence-electron chi connectivity index (χ3n) is 0.742. The summed E-state index contributed by atoms with van der Waals surface area (Å²) in [5, 5.41) is 8.32. The molecular formula is C6H4N2. The molecular weight excluding hydrogens is 100 g/mol. The van der Waals surface area contributed by atoms with Gasteiger partial charge in [-0.15, -0.1) is 0 Å². The molecule has 0 saturated heterocycles. The maximum atomic E-state index is 8.32. The summed E-state index contributed by atoms with van der Waals surface area (Å²) in [4.78, 5) is 3.65. The minimum Gasteiger partial charge on any atom is -0.265 e. The summed E-state index contributed by atoms with van der Waals surface area (Å²) in [6, 6.07) is 3.56. The van der Waals surface area contributed by atoms with Gasteiger partial charge in [0.1, 0.15) is 0 Å². The standard InChI is InChI=1S/C6H4N2/c7-5-6-1-3-8-4-2-6/h1-4H/i1D. The molecule has 0 N–H and O–H groups in total. The van der Waals surface area contributed by atoms with Crippen molar-refractivity contribution in [2.45, 2.75) is 0 Å². The summed E-state index contributed by atoms with van der Waals surface area (Å²) >= 11 is 0. The zero-order valence-electron chi connectivity index (χ0n) is 5.13. The Morgan fingerprint density at radius 2 is 2.62 bits per heavy atom. The fourth-order valence-corrected chi connectivity index (χ4v) is 0.385. The third kappa shape index (κ3) is 0.824. The molecule has 0 unspecified atom stereocenters. The van der Waals surface area contributed by atoms with E-state index in [1.165, 1.54) is 18.5 Å². The second kappa shape index (κ2) is 2.08. The van der Waals surface area contributed by atoms with E-state index in [2.05, 4.69) is 4.98 Å². The van der Waals surface area contributed by atoms with Crippen LogP contribution >= 0.6 is 0 Å². The van der Waals surface area contributed by atoms with Crippen molar-refractivity contribution >= 4 is 0 Å². The molecule has 0 bridgehead atoms. The second-order valence-corrected chi connectivity index (χ2v) is 1.26. The van der Waals surface area contributed by atoms with Crippen molar-refractivity contribution in [3.8, 4) is 6.07 Å². The average molecular weight is 105 g/mol. The summed E-state index contributed by atoms with van der Waals surface area (Å²) < 4.78 is 7.09. The van der Waals surface area contributed by atoms with E-state index in [4.69, 9.17) is 6.63 Å². The lowest BCUT2D eigenvalue weighted by atomic mass is 10.3. The molecule has 0 aliphatic heterocycles. The molecule has 0 aliphatic rings. The minimum absolute atomic E-state index is 0.181. The molecule has 1 heterocycles. The lowest BCUT2D eigenvalue weighted by Gasteiger charge is -1.79. The summed E-state index contributed by atoms with van der Waals surface area (Å²) in [7, 11) is 0. The maximum Gasteiger partial charge on any atom is 0.0992 e. The van der Waals surface area contributed by atoms with Crippen molar-refractivity contribution < 1.29 is 1.37 Å². The van der Waals surface area contributed by atoms with Crippen LogP contribution in [-0.4, -0.2) is 4.98 Å². The summed E-state index contributed by atoms with van der Waals surface area (Å²) in [6.07, 6.45) is 2.84. The van der Waals surface area contributed by atoms with E-state index in [1.807, 2.05) is 6.07 Å². The second-order valence-electron chi connectivity index (χ2n) is 1.26. The van der Waals surface area contributed by atoms with Gasteiger partial charge in [-0.2, -0.15) is 5.26 Å². The van der Waals surface area contributed by atoms with Crippen LogP contribution < -0.4 is 0 Å². The van der Waals surface area contributed by atoms with E-state index in [9.17, 15) is 0 Å². The zero-order chi connectivity index (χ0) is 6.69. The molecule has 2 heteroatoms. The molecule has 0 amide bonds. The van der Waals surface area contributed by atoms with Gasteiger partial charge in [-0.3, -0.25) is 4.98 Å². The van der Waals surface area contributed by atoms with Crippen LogP contribution in [0.1, 0.15) is 6.93 Å². The molecule has 0 aromatic carbocycles. The molecule has 0 radical (unpaired) electrons. The van der Waals surface area contributed by atoms with Gasteiger partial charge in [0.05, 0.1) is 13.0 Å². The molecule has 8 heavy (non-hydrogen) atoms. The molecule has 2 nitrogen and oxygen atoms in total. The van der Waals surface area contributed by atoms with E-state index in [-0.39, 0.29) is 6.04 Å². The molecule has 1 rings (SSSR count). The van der Waals surface area contributed by atoms with Crippen LogP contribution in [0.4, 0.5) is 0 Å². The van der Waals surface area contributed by atoms with Gasteiger partial charge in [-0.05, 0) is 12.1 Å². The highest BCUT2D eigenvalue weighted by molar-refractivity contribution is 5.24. The van der Waals surface area contributed by atoms with E-state index < -0.39 is 0 Å². The first-order valence-electron chi connectivity index (χ1n) is 2.65. The quantitative estimate of drug-likeness (QED) is 0.492. The Hall–Kier alpha value is -1.36. The fraction of sp³-hybridized carbons (Fsp3) is 0. The van der Waals surface area contributed by atoms with Gasteiger partial charge in [0, 0.05) is 12.4 Å². The van der Waals surface area contributed by atoms with Gasteiger partial charge in [0.2, 0.25) is 0 Å². The van der Waals surface area contributed by atoms with Crippen LogP contribution in [0, 0.1) is 11.3 Å². The molecule has 1 aromatic rings. The largest absolute Gasteiger partial charge is 0.265 e. The van der Waals surface area contributed by atoms with Gasteiger partial charge in [0.25, 0.3) is 0 Å². The van der Waals surface area contributed by atoms with Crippen molar-refractivity contribution in [3.05, 3.63) is 30.1 Å². The van der Waals surface area contributed by atoms with Crippen LogP contribution in [0.5, 0.6) is 0 Å². The van der Waals surface area contributed by atoms with Gasteiger partial charge in [-0.1, -0.05) is 0 Å². The van der Waals surface area contributed by atoms with Crippen molar-refractivity contribution in [3.63, 3.8) is 0 Å². The molecule has 1 aromatic heterocycles. The van der Waals surface area contributed by atoms with Crippen LogP contribution in [0.15, 0.2) is 24.5 Å². The first kappa shape index (κ1) is 3.62. The normalized spacial score (nSPS) is 9.62. The smallest absolute Gasteiger partial charge is 0.0992 e. The minimum atomic E-state index is 0.181. The Morgan fingerprint density at radius 3 is 3.12 bits per heavy atom. The first-order chi connectivity index (χ1) is 4.34. The van der Waals surface area contributed by atoms with E-state index >= 15 is 0 Å². The maximum absolute atomic E-state index is 8.32. The SMILES string of the molecule is [2H]c1cnccc1C#N. The number of aromatic nitrogens is 1. The lowest BCUT2D eigenvalue weighted by molar-refractivity contribution is 1.31. The highest BCUT2D eigenvalue weighted by atomic mass is 14.6. The van der Waals surface area contributed by atoms with Gasteiger partial charge in [0.15, 0.2) is 0 Å². The Bertz CT molecular complexity index is 251. The van der Waals surface area contributed by atoms with Gasteiger partial charge >= 0.3 is 0 Å². The Balaban J connectivity index is 3.20. The number of rotatable bonds is 0. The van der Waals surface area contributed by atoms with Crippen molar-refractivity contribution in [1.82, 2.24) is 4.98 Å². The predicted molar refractivity (Wildman–Crippen MR) is 29.0 cm³/mol. The van der Waals surface area contributed by atoms with E-state index in [0.717, 1.165) is 0 Å². The van der Waals surface area contributed by atoms with Crippen LogP contribution in [-0.2, 0) is 0 Å². The fourth-order valence-electron chi connectivity index (χ4n) is 0.385.